The number of carbonyl (C=O) groups is 1. The molecule has 2 amide bonds. The van der Waals surface area contributed by atoms with Crippen LogP contribution in [0.5, 0.6) is 0 Å². The number of nitrogens with zero attached hydrogens (tertiary/aromatic N) is 1. The molecule has 19 heavy (non-hydrogen) atoms. The zero-order chi connectivity index (χ0) is 13.7. The molecule has 0 atom stereocenters. The highest BCUT2D eigenvalue weighted by Crippen LogP contribution is 2.15. The Balaban J connectivity index is 1.86. The summed E-state index contributed by atoms with van der Waals surface area (Å²) in [6, 6.07) is 9.16. The fourth-order valence-corrected chi connectivity index (χ4v) is 2.07. The molecule has 0 spiro atoms. The Morgan fingerprint density at radius 3 is 2.58 bits per heavy atom. The summed E-state index contributed by atoms with van der Waals surface area (Å²) >= 11 is 1.56. The first-order valence-electron chi connectivity index (χ1n) is 5.47. The molecule has 7 heteroatoms. The van der Waals surface area contributed by atoms with Crippen molar-refractivity contribution in [2.24, 2.45) is 0 Å². The minimum absolute atomic E-state index is 0.00968. The van der Waals surface area contributed by atoms with Crippen LogP contribution in [0.4, 0.5) is 16.2 Å². The highest BCUT2D eigenvalue weighted by atomic mass is 32.1. The van der Waals surface area contributed by atoms with Crippen molar-refractivity contribution in [3.63, 3.8) is 0 Å². The largest absolute Gasteiger partial charge is 0.333 e. The number of nitro groups is 1. The molecule has 2 rings (SSSR count). The molecule has 0 saturated carbocycles. The lowest BCUT2D eigenvalue weighted by Gasteiger charge is -2.06. The molecule has 2 aromatic rings. The van der Waals surface area contributed by atoms with Crippen LogP contribution in [0, 0.1) is 10.1 Å². The molecule has 0 aliphatic carbocycles. The summed E-state index contributed by atoms with van der Waals surface area (Å²) in [5.41, 5.74) is 0.499. The van der Waals surface area contributed by atoms with Gasteiger partial charge in [-0.2, -0.15) is 0 Å². The van der Waals surface area contributed by atoms with Gasteiger partial charge in [-0.25, -0.2) is 4.79 Å². The molecular weight excluding hydrogens is 266 g/mol. The Kier molecular flexibility index (Phi) is 4.09. The van der Waals surface area contributed by atoms with Crippen LogP contribution in [0.1, 0.15) is 4.88 Å². The van der Waals surface area contributed by atoms with Crippen LogP contribution in [-0.2, 0) is 6.54 Å². The lowest BCUT2D eigenvalue weighted by atomic mass is 10.3. The van der Waals surface area contributed by atoms with Gasteiger partial charge in [-0.15, -0.1) is 11.3 Å². The van der Waals surface area contributed by atoms with E-state index in [0.29, 0.717) is 12.2 Å². The van der Waals surface area contributed by atoms with Gasteiger partial charge in [-0.1, -0.05) is 6.07 Å². The van der Waals surface area contributed by atoms with Crippen LogP contribution >= 0.6 is 11.3 Å². The van der Waals surface area contributed by atoms with Crippen LogP contribution in [0.2, 0.25) is 0 Å². The lowest BCUT2D eigenvalue weighted by Crippen LogP contribution is -2.27. The number of urea groups is 1. The van der Waals surface area contributed by atoms with E-state index < -0.39 is 4.92 Å². The molecule has 0 radical (unpaired) electrons. The maximum Gasteiger partial charge on any atom is 0.319 e. The number of hydrogen-bond acceptors (Lipinski definition) is 4. The molecule has 0 aliphatic rings. The smallest absolute Gasteiger partial charge is 0.319 e. The molecule has 2 N–H and O–H groups in total. The van der Waals surface area contributed by atoms with Gasteiger partial charge in [-0.05, 0) is 23.6 Å². The average molecular weight is 277 g/mol. The fourth-order valence-electron chi connectivity index (χ4n) is 1.42. The number of benzene rings is 1. The van der Waals surface area contributed by atoms with Gasteiger partial charge >= 0.3 is 6.03 Å². The third-order valence-electron chi connectivity index (χ3n) is 2.34. The van der Waals surface area contributed by atoms with Crippen molar-refractivity contribution in [2.75, 3.05) is 5.32 Å². The number of nitro benzene ring substituents is 1. The summed E-state index contributed by atoms with van der Waals surface area (Å²) in [7, 11) is 0. The van der Waals surface area contributed by atoms with Crippen molar-refractivity contribution in [1.29, 1.82) is 0 Å². The number of non-ortho nitro benzene ring substituents is 1. The summed E-state index contributed by atoms with van der Waals surface area (Å²) in [4.78, 5) is 22.6. The summed E-state index contributed by atoms with van der Waals surface area (Å²) in [6.07, 6.45) is 0. The van der Waals surface area contributed by atoms with E-state index in [-0.39, 0.29) is 11.7 Å². The van der Waals surface area contributed by atoms with Crippen LogP contribution in [-0.4, -0.2) is 11.0 Å². The van der Waals surface area contributed by atoms with Crippen LogP contribution in [0.25, 0.3) is 0 Å². The second-order valence-corrected chi connectivity index (χ2v) is 4.72. The summed E-state index contributed by atoms with van der Waals surface area (Å²) in [5.74, 6) is 0. The first-order valence-corrected chi connectivity index (χ1v) is 6.35. The molecule has 0 fully saturated rings. The number of anilines is 1. The van der Waals surface area contributed by atoms with Crippen molar-refractivity contribution < 1.29 is 9.72 Å². The van der Waals surface area contributed by atoms with Gasteiger partial charge in [0.05, 0.1) is 11.5 Å². The molecule has 0 aliphatic heterocycles. The highest BCUT2D eigenvalue weighted by molar-refractivity contribution is 7.09. The number of hydrogen-bond donors (Lipinski definition) is 2. The lowest BCUT2D eigenvalue weighted by molar-refractivity contribution is -0.384. The Bertz CT molecular complexity index is 566. The average Bonchev–Trinajstić information content (AvgIpc) is 2.90. The van der Waals surface area contributed by atoms with Crippen LogP contribution in [0.15, 0.2) is 41.8 Å². The minimum atomic E-state index is -0.485. The van der Waals surface area contributed by atoms with Crippen molar-refractivity contribution in [3.8, 4) is 0 Å². The number of amides is 2. The quantitative estimate of drug-likeness (QED) is 0.665. The van der Waals surface area contributed by atoms with E-state index in [0.717, 1.165) is 4.88 Å². The van der Waals surface area contributed by atoms with E-state index in [9.17, 15) is 14.9 Å². The first-order chi connectivity index (χ1) is 9.15. The van der Waals surface area contributed by atoms with Crippen LogP contribution in [0.3, 0.4) is 0 Å². The van der Waals surface area contributed by atoms with E-state index in [1.54, 1.807) is 11.3 Å². The molecule has 1 aromatic carbocycles. The second-order valence-electron chi connectivity index (χ2n) is 3.69. The highest BCUT2D eigenvalue weighted by Gasteiger charge is 2.06. The molecule has 98 valence electrons. The number of nitrogens with one attached hydrogen (secondary N) is 2. The van der Waals surface area contributed by atoms with Gasteiger partial charge in [0.25, 0.3) is 5.69 Å². The van der Waals surface area contributed by atoms with E-state index in [1.807, 2.05) is 17.5 Å². The Morgan fingerprint density at radius 1 is 1.26 bits per heavy atom. The third kappa shape index (κ3) is 3.78. The van der Waals surface area contributed by atoms with Crippen molar-refractivity contribution in [2.45, 2.75) is 6.54 Å². The van der Waals surface area contributed by atoms with E-state index in [4.69, 9.17) is 0 Å². The van der Waals surface area contributed by atoms with Crippen LogP contribution < -0.4 is 10.6 Å². The van der Waals surface area contributed by atoms with Gasteiger partial charge in [0.1, 0.15) is 0 Å². The number of rotatable bonds is 4. The molecule has 0 unspecified atom stereocenters. The van der Waals surface area contributed by atoms with Gasteiger partial charge in [0.2, 0.25) is 0 Å². The maximum atomic E-state index is 11.6. The number of thiophene rings is 1. The molecule has 0 saturated heterocycles. The normalized spacial score (nSPS) is 9.89. The van der Waals surface area contributed by atoms with Gasteiger partial charge in [-0.3, -0.25) is 10.1 Å². The molecule has 0 bridgehead atoms. The van der Waals surface area contributed by atoms with Gasteiger partial charge < -0.3 is 10.6 Å². The molecule has 1 aromatic heterocycles. The zero-order valence-corrected chi connectivity index (χ0v) is 10.6. The van der Waals surface area contributed by atoms with Gasteiger partial charge in [0.15, 0.2) is 0 Å². The van der Waals surface area contributed by atoms with E-state index >= 15 is 0 Å². The summed E-state index contributed by atoms with van der Waals surface area (Å²) in [6.45, 7) is 0.455. The molecule has 6 nitrogen and oxygen atoms in total. The number of carbonyl (C=O) groups excluding carboxylic acids is 1. The Labute approximate surface area is 113 Å². The summed E-state index contributed by atoms with van der Waals surface area (Å²) < 4.78 is 0. The van der Waals surface area contributed by atoms with Crippen molar-refractivity contribution in [1.82, 2.24) is 5.32 Å². The summed E-state index contributed by atoms with van der Waals surface area (Å²) in [5, 5.41) is 17.7. The molecule has 1 heterocycles. The standard InChI is InChI=1S/C12H11N3O3S/c16-12(13-8-11-2-1-7-19-11)14-9-3-5-10(6-4-9)15(17)18/h1-7H,8H2,(H2,13,14,16). The third-order valence-corrected chi connectivity index (χ3v) is 3.22. The van der Waals surface area contributed by atoms with E-state index in [1.165, 1.54) is 24.3 Å². The predicted octanol–water partition coefficient (Wildman–Crippen LogP) is 2.98. The fraction of sp³-hybridized carbons (Fsp3) is 0.0833. The first kappa shape index (κ1) is 13.0. The Morgan fingerprint density at radius 2 is 2.00 bits per heavy atom. The van der Waals surface area contributed by atoms with Gasteiger partial charge in [0, 0.05) is 22.7 Å². The van der Waals surface area contributed by atoms with E-state index in [2.05, 4.69) is 10.6 Å². The second kappa shape index (κ2) is 5.96. The van der Waals surface area contributed by atoms with Crippen molar-refractivity contribution >= 4 is 28.7 Å². The predicted molar refractivity (Wildman–Crippen MR) is 73.3 cm³/mol. The Hall–Kier alpha value is -2.41. The SMILES string of the molecule is O=C(NCc1cccs1)Nc1ccc([N+](=O)[O-])cc1. The topological polar surface area (TPSA) is 84.3 Å². The maximum absolute atomic E-state index is 11.6. The molecular formula is C12H11N3O3S. The minimum Gasteiger partial charge on any atom is -0.333 e. The monoisotopic (exact) mass is 277 g/mol. The van der Waals surface area contributed by atoms with Crippen molar-refractivity contribution in [3.05, 3.63) is 56.8 Å². The zero-order valence-electron chi connectivity index (χ0n) is 9.83.